The van der Waals surface area contributed by atoms with Crippen LogP contribution < -0.4 is 0 Å². The highest BCUT2D eigenvalue weighted by Crippen LogP contribution is 2.35. The average Bonchev–Trinajstić information content (AvgIpc) is 3.02. The molecule has 0 amide bonds. The number of rotatable bonds is 3. The third-order valence-corrected chi connectivity index (χ3v) is 4.69. The van der Waals surface area contributed by atoms with Crippen molar-refractivity contribution < 1.29 is 0 Å². The first-order valence-electron chi connectivity index (χ1n) is 8.64. The summed E-state index contributed by atoms with van der Waals surface area (Å²) in [6.45, 7) is 6.49. The number of benzene rings is 2. The van der Waals surface area contributed by atoms with E-state index in [1.807, 2.05) is 12.3 Å². The minimum absolute atomic E-state index is 0.508. The number of pyridine rings is 1. The average molecular weight is 327 g/mol. The van der Waals surface area contributed by atoms with Crippen molar-refractivity contribution in [2.45, 2.75) is 26.7 Å². The molecular weight excluding hydrogens is 306 g/mol. The molecule has 124 valence electrons. The first-order chi connectivity index (χ1) is 12.1. The number of aromatic nitrogens is 3. The monoisotopic (exact) mass is 327 g/mol. The zero-order chi connectivity index (χ0) is 17.4. The number of hydrogen-bond donors (Lipinski definition) is 1. The summed E-state index contributed by atoms with van der Waals surface area (Å²) in [5.74, 6) is 0.508. The van der Waals surface area contributed by atoms with Crippen molar-refractivity contribution in [1.82, 2.24) is 15.2 Å². The van der Waals surface area contributed by atoms with Crippen molar-refractivity contribution in [3.05, 3.63) is 72.1 Å². The van der Waals surface area contributed by atoms with Crippen LogP contribution in [0.5, 0.6) is 0 Å². The van der Waals surface area contributed by atoms with Gasteiger partial charge in [-0.25, -0.2) is 0 Å². The second-order valence-electron chi connectivity index (χ2n) is 6.73. The third kappa shape index (κ3) is 2.72. The molecule has 0 saturated carbocycles. The minimum Gasteiger partial charge on any atom is -0.282 e. The molecule has 0 fully saturated rings. The Balaban J connectivity index is 1.95. The summed E-state index contributed by atoms with van der Waals surface area (Å²) in [6.07, 6.45) is 1.88. The van der Waals surface area contributed by atoms with Crippen molar-refractivity contribution in [2.24, 2.45) is 0 Å². The second-order valence-corrected chi connectivity index (χ2v) is 6.73. The Morgan fingerprint density at radius 3 is 2.48 bits per heavy atom. The minimum atomic E-state index is 0.508. The molecule has 0 radical (unpaired) electrons. The van der Waals surface area contributed by atoms with E-state index in [0.29, 0.717) is 5.92 Å². The molecule has 4 aromatic rings. The quantitative estimate of drug-likeness (QED) is 0.522. The summed E-state index contributed by atoms with van der Waals surface area (Å²) in [4.78, 5) is 4.67. The molecule has 4 rings (SSSR count). The Morgan fingerprint density at radius 1 is 0.920 bits per heavy atom. The van der Waals surface area contributed by atoms with Gasteiger partial charge in [0.05, 0.1) is 5.69 Å². The van der Waals surface area contributed by atoms with Gasteiger partial charge in [0.2, 0.25) is 0 Å². The third-order valence-electron chi connectivity index (χ3n) is 4.69. The molecule has 0 aliphatic carbocycles. The lowest BCUT2D eigenvalue weighted by Crippen LogP contribution is -1.92. The number of H-pyrrole nitrogens is 1. The second kappa shape index (κ2) is 6.17. The molecule has 2 aromatic heterocycles. The highest BCUT2D eigenvalue weighted by molar-refractivity contribution is 5.97. The fraction of sp³-hybridized carbons (Fsp3) is 0.182. The van der Waals surface area contributed by atoms with Crippen molar-refractivity contribution >= 4 is 10.8 Å². The molecule has 0 aliphatic rings. The van der Waals surface area contributed by atoms with Crippen LogP contribution in [0, 0.1) is 6.92 Å². The zero-order valence-electron chi connectivity index (χ0n) is 14.7. The van der Waals surface area contributed by atoms with Crippen LogP contribution in [0.25, 0.3) is 33.3 Å². The molecule has 2 heterocycles. The van der Waals surface area contributed by atoms with Gasteiger partial charge in [-0.1, -0.05) is 62.4 Å². The van der Waals surface area contributed by atoms with E-state index in [1.54, 1.807) is 0 Å². The topological polar surface area (TPSA) is 41.6 Å². The lowest BCUT2D eigenvalue weighted by atomic mass is 9.96. The van der Waals surface area contributed by atoms with E-state index in [2.05, 4.69) is 84.5 Å². The maximum atomic E-state index is 4.67. The standard InChI is InChI=1S/C22H21N3/c1-14(2)17-9-10-19-18(13-17)11-12-23-21(19)22-20(15(3)24-25-22)16-7-5-4-6-8-16/h4-14H,1-3H3,(H,24,25). The molecule has 0 atom stereocenters. The van der Waals surface area contributed by atoms with Gasteiger partial charge >= 0.3 is 0 Å². The van der Waals surface area contributed by atoms with E-state index in [9.17, 15) is 0 Å². The molecule has 0 spiro atoms. The van der Waals surface area contributed by atoms with Crippen molar-refractivity contribution in [1.29, 1.82) is 0 Å². The van der Waals surface area contributed by atoms with Gasteiger partial charge in [-0.3, -0.25) is 10.1 Å². The number of aromatic amines is 1. The molecule has 2 aromatic carbocycles. The van der Waals surface area contributed by atoms with Crippen molar-refractivity contribution in [3.8, 4) is 22.5 Å². The van der Waals surface area contributed by atoms with Gasteiger partial charge in [0.1, 0.15) is 5.69 Å². The molecule has 0 unspecified atom stereocenters. The molecule has 0 aliphatic heterocycles. The lowest BCUT2D eigenvalue weighted by molar-refractivity contribution is 0.869. The van der Waals surface area contributed by atoms with E-state index >= 15 is 0 Å². The molecule has 3 nitrogen and oxygen atoms in total. The van der Waals surface area contributed by atoms with Crippen LogP contribution in [0.4, 0.5) is 0 Å². The van der Waals surface area contributed by atoms with E-state index < -0.39 is 0 Å². The zero-order valence-corrected chi connectivity index (χ0v) is 14.7. The van der Waals surface area contributed by atoms with Gasteiger partial charge in [0, 0.05) is 22.8 Å². The first-order valence-corrected chi connectivity index (χ1v) is 8.64. The summed E-state index contributed by atoms with van der Waals surface area (Å²) in [5.41, 5.74) is 6.50. The van der Waals surface area contributed by atoms with E-state index in [0.717, 1.165) is 33.6 Å². The first kappa shape index (κ1) is 15.6. The highest BCUT2D eigenvalue weighted by Gasteiger charge is 2.17. The Kier molecular flexibility index (Phi) is 3.85. The smallest absolute Gasteiger partial charge is 0.119 e. The Labute approximate surface area is 147 Å². The summed E-state index contributed by atoms with van der Waals surface area (Å²) in [7, 11) is 0. The van der Waals surface area contributed by atoms with Gasteiger partial charge in [0.25, 0.3) is 0 Å². The van der Waals surface area contributed by atoms with Crippen LogP contribution >= 0.6 is 0 Å². The van der Waals surface area contributed by atoms with Gasteiger partial charge in [0.15, 0.2) is 0 Å². The van der Waals surface area contributed by atoms with E-state index in [1.165, 1.54) is 10.9 Å². The SMILES string of the molecule is Cc1[nH]nc(-c2nccc3cc(C(C)C)ccc23)c1-c1ccccc1. The van der Waals surface area contributed by atoms with Crippen molar-refractivity contribution in [3.63, 3.8) is 0 Å². The van der Waals surface area contributed by atoms with Gasteiger partial charge < -0.3 is 0 Å². The number of fused-ring (bicyclic) bond motifs is 1. The van der Waals surface area contributed by atoms with Gasteiger partial charge in [-0.15, -0.1) is 0 Å². The van der Waals surface area contributed by atoms with Crippen LogP contribution in [-0.4, -0.2) is 15.2 Å². The summed E-state index contributed by atoms with van der Waals surface area (Å²) in [6, 6.07) is 19.1. The summed E-state index contributed by atoms with van der Waals surface area (Å²) >= 11 is 0. The Hall–Kier alpha value is -2.94. The van der Waals surface area contributed by atoms with Gasteiger partial charge in [-0.05, 0) is 35.4 Å². The lowest BCUT2D eigenvalue weighted by Gasteiger charge is -2.10. The molecular formula is C22H21N3. The van der Waals surface area contributed by atoms with Gasteiger partial charge in [-0.2, -0.15) is 5.10 Å². The fourth-order valence-corrected chi connectivity index (χ4v) is 3.30. The maximum Gasteiger partial charge on any atom is 0.119 e. The van der Waals surface area contributed by atoms with Crippen LogP contribution in [-0.2, 0) is 0 Å². The molecule has 3 heteroatoms. The van der Waals surface area contributed by atoms with Crippen LogP contribution in [0.3, 0.4) is 0 Å². The maximum absolute atomic E-state index is 4.67. The van der Waals surface area contributed by atoms with E-state index in [-0.39, 0.29) is 0 Å². The van der Waals surface area contributed by atoms with Crippen LogP contribution in [0.1, 0.15) is 31.0 Å². The molecule has 1 N–H and O–H groups in total. The Morgan fingerprint density at radius 2 is 1.72 bits per heavy atom. The fourth-order valence-electron chi connectivity index (χ4n) is 3.30. The van der Waals surface area contributed by atoms with E-state index in [4.69, 9.17) is 0 Å². The highest BCUT2D eigenvalue weighted by atomic mass is 15.1. The largest absolute Gasteiger partial charge is 0.282 e. The molecule has 0 bridgehead atoms. The normalized spacial score (nSPS) is 11.4. The predicted molar refractivity (Wildman–Crippen MR) is 104 cm³/mol. The van der Waals surface area contributed by atoms with Crippen molar-refractivity contribution in [2.75, 3.05) is 0 Å². The summed E-state index contributed by atoms with van der Waals surface area (Å²) < 4.78 is 0. The molecule has 0 saturated heterocycles. The van der Waals surface area contributed by atoms with Crippen LogP contribution in [0.15, 0.2) is 60.8 Å². The molecule has 25 heavy (non-hydrogen) atoms. The number of hydrogen-bond acceptors (Lipinski definition) is 2. The predicted octanol–water partition coefficient (Wildman–Crippen LogP) is 5.72. The Bertz CT molecular complexity index is 1030. The number of aryl methyl sites for hydroxylation is 1. The summed E-state index contributed by atoms with van der Waals surface area (Å²) in [5, 5.41) is 10.1. The number of nitrogens with zero attached hydrogens (tertiary/aromatic N) is 2. The number of nitrogens with one attached hydrogen (secondary N) is 1. The van der Waals surface area contributed by atoms with Crippen LogP contribution in [0.2, 0.25) is 0 Å².